The first-order valence-electron chi connectivity index (χ1n) is 3.88. The molecular formula is C8H3Br2F5O2. The Morgan fingerprint density at radius 3 is 2.18 bits per heavy atom. The van der Waals surface area contributed by atoms with E-state index >= 15 is 0 Å². The van der Waals surface area contributed by atoms with Crippen LogP contribution in [0.15, 0.2) is 21.1 Å². The summed E-state index contributed by atoms with van der Waals surface area (Å²) in [5.41, 5.74) is 0. The highest BCUT2D eigenvalue weighted by Crippen LogP contribution is 2.39. The van der Waals surface area contributed by atoms with Crippen LogP contribution in [0.1, 0.15) is 0 Å². The Morgan fingerprint density at radius 2 is 1.71 bits per heavy atom. The number of benzene rings is 1. The van der Waals surface area contributed by atoms with Crippen molar-refractivity contribution < 1.29 is 31.4 Å². The number of hydrogen-bond donors (Lipinski definition) is 0. The fourth-order valence-electron chi connectivity index (χ4n) is 0.914. The quantitative estimate of drug-likeness (QED) is 0.701. The highest BCUT2D eigenvalue weighted by molar-refractivity contribution is 9.13. The molecule has 0 aliphatic carbocycles. The lowest BCUT2D eigenvalue weighted by Crippen LogP contribution is -2.17. The summed E-state index contributed by atoms with van der Waals surface area (Å²) in [6.07, 6.45) is -4.91. The zero-order valence-electron chi connectivity index (χ0n) is 7.69. The van der Waals surface area contributed by atoms with Gasteiger partial charge in [0.2, 0.25) is 0 Å². The zero-order valence-corrected chi connectivity index (χ0v) is 10.9. The second kappa shape index (κ2) is 5.38. The lowest BCUT2D eigenvalue weighted by atomic mass is 10.3. The molecule has 9 heteroatoms. The van der Waals surface area contributed by atoms with Gasteiger partial charge in [0.15, 0.2) is 0 Å². The molecule has 2 nitrogen and oxygen atoms in total. The molecule has 0 amide bonds. The Morgan fingerprint density at radius 1 is 1.12 bits per heavy atom. The van der Waals surface area contributed by atoms with Crippen molar-refractivity contribution in [3.63, 3.8) is 0 Å². The van der Waals surface area contributed by atoms with Gasteiger partial charge in [-0.15, -0.1) is 13.2 Å². The molecule has 0 unspecified atom stereocenters. The zero-order chi connectivity index (χ0) is 13.2. The van der Waals surface area contributed by atoms with Crippen LogP contribution in [-0.4, -0.2) is 13.0 Å². The van der Waals surface area contributed by atoms with Crippen LogP contribution in [0.25, 0.3) is 0 Å². The van der Waals surface area contributed by atoms with E-state index in [-0.39, 0.29) is 8.95 Å². The topological polar surface area (TPSA) is 18.5 Å². The summed E-state index contributed by atoms with van der Waals surface area (Å²) in [4.78, 5) is 0. The van der Waals surface area contributed by atoms with Crippen LogP contribution >= 0.6 is 31.9 Å². The van der Waals surface area contributed by atoms with Gasteiger partial charge in [-0.25, -0.2) is 0 Å². The second-order valence-electron chi connectivity index (χ2n) is 2.64. The Labute approximate surface area is 109 Å². The first-order chi connectivity index (χ1) is 7.69. The van der Waals surface area contributed by atoms with Crippen LogP contribution in [0.2, 0.25) is 0 Å². The molecule has 0 radical (unpaired) electrons. The standard InChI is InChI=1S/C8H3Br2F5O2/c9-4-1-3(17-8(13,14)15)2-5(6(4)10)16-7(11)12/h1-2,7H. The Hall–Kier alpha value is -0.570. The van der Waals surface area contributed by atoms with E-state index in [1.807, 2.05) is 0 Å². The normalized spacial score (nSPS) is 11.8. The minimum Gasteiger partial charge on any atom is -0.433 e. The van der Waals surface area contributed by atoms with Gasteiger partial charge in [-0.05, 0) is 37.9 Å². The van der Waals surface area contributed by atoms with Gasteiger partial charge in [-0.2, -0.15) is 8.78 Å². The third-order valence-electron chi connectivity index (χ3n) is 1.42. The molecule has 0 atom stereocenters. The van der Waals surface area contributed by atoms with E-state index in [4.69, 9.17) is 0 Å². The van der Waals surface area contributed by atoms with Gasteiger partial charge in [0.1, 0.15) is 11.5 Å². The van der Waals surface area contributed by atoms with Gasteiger partial charge in [-0.1, -0.05) is 0 Å². The minimum absolute atomic E-state index is 0.0623. The van der Waals surface area contributed by atoms with Crippen LogP contribution in [0.5, 0.6) is 11.5 Å². The largest absolute Gasteiger partial charge is 0.573 e. The maximum absolute atomic E-state index is 12.0. The van der Waals surface area contributed by atoms with E-state index < -0.39 is 24.5 Å². The van der Waals surface area contributed by atoms with Crippen molar-refractivity contribution in [3.05, 3.63) is 21.1 Å². The van der Waals surface area contributed by atoms with E-state index in [1.165, 1.54) is 0 Å². The predicted molar refractivity (Wildman–Crippen MR) is 55.2 cm³/mol. The molecule has 1 aromatic carbocycles. The van der Waals surface area contributed by atoms with Crippen LogP contribution in [0.4, 0.5) is 22.0 Å². The van der Waals surface area contributed by atoms with Crippen molar-refractivity contribution in [3.8, 4) is 11.5 Å². The summed E-state index contributed by atoms with van der Waals surface area (Å²) in [6.45, 7) is -3.15. The van der Waals surface area contributed by atoms with E-state index in [9.17, 15) is 22.0 Å². The summed E-state index contributed by atoms with van der Waals surface area (Å²) < 4.78 is 67.5. The Kier molecular flexibility index (Phi) is 4.59. The number of alkyl halides is 5. The molecular weight excluding hydrogens is 383 g/mol. The fraction of sp³-hybridized carbons (Fsp3) is 0.250. The molecule has 0 N–H and O–H groups in total. The highest BCUT2D eigenvalue weighted by atomic mass is 79.9. The molecule has 0 bridgehead atoms. The Balaban J connectivity index is 3.06. The molecule has 1 rings (SSSR count). The molecule has 0 saturated carbocycles. The van der Waals surface area contributed by atoms with Gasteiger partial charge < -0.3 is 9.47 Å². The number of ether oxygens (including phenoxy) is 2. The molecule has 0 aromatic heterocycles. The van der Waals surface area contributed by atoms with Crippen molar-refractivity contribution in [2.45, 2.75) is 13.0 Å². The number of rotatable bonds is 3. The first-order valence-corrected chi connectivity index (χ1v) is 5.47. The Bertz CT molecular complexity index is 408. The second-order valence-corrected chi connectivity index (χ2v) is 4.29. The smallest absolute Gasteiger partial charge is 0.433 e. The van der Waals surface area contributed by atoms with Gasteiger partial charge >= 0.3 is 13.0 Å². The molecule has 0 aliphatic rings. The van der Waals surface area contributed by atoms with E-state index in [2.05, 4.69) is 41.3 Å². The van der Waals surface area contributed by atoms with E-state index in [0.717, 1.165) is 6.07 Å². The third kappa shape index (κ3) is 4.66. The molecule has 0 fully saturated rings. The predicted octanol–water partition coefficient (Wildman–Crippen LogP) is 4.71. The molecule has 0 heterocycles. The average molecular weight is 386 g/mol. The van der Waals surface area contributed by atoms with Crippen molar-refractivity contribution in [1.29, 1.82) is 0 Å². The van der Waals surface area contributed by atoms with Crippen molar-refractivity contribution >= 4 is 31.9 Å². The maximum atomic E-state index is 12.0. The highest BCUT2D eigenvalue weighted by Gasteiger charge is 2.31. The summed E-state index contributed by atoms with van der Waals surface area (Å²) in [5.74, 6) is -1.13. The van der Waals surface area contributed by atoms with Crippen molar-refractivity contribution in [2.24, 2.45) is 0 Å². The summed E-state index contributed by atoms with van der Waals surface area (Å²) in [7, 11) is 0. The molecule has 0 aliphatic heterocycles. The van der Waals surface area contributed by atoms with E-state index in [1.54, 1.807) is 0 Å². The third-order valence-corrected chi connectivity index (χ3v) is 3.39. The molecule has 17 heavy (non-hydrogen) atoms. The van der Waals surface area contributed by atoms with Crippen LogP contribution in [0.3, 0.4) is 0 Å². The number of hydrogen-bond acceptors (Lipinski definition) is 2. The lowest BCUT2D eigenvalue weighted by Gasteiger charge is -2.13. The number of halogens is 7. The van der Waals surface area contributed by atoms with E-state index in [0.29, 0.717) is 6.07 Å². The monoisotopic (exact) mass is 384 g/mol. The van der Waals surface area contributed by atoms with Crippen LogP contribution in [-0.2, 0) is 0 Å². The minimum atomic E-state index is -4.91. The molecule has 96 valence electrons. The van der Waals surface area contributed by atoms with Crippen molar-refractivity contribution in [1.82, 2.24) is 0 Å². The van der Waals surface area contributed by atoms with Crippen LogP contribution < -0.4 is 9.47 Å². The van der Waals surface area contributed by atoms with Crippen molar-refractivity contribution in [2.75, 3.05) is 0 Å². The maximum Gasteiger partial charge on any atom is 0.573 e. The molecule has 1 aromatic rings. The van der Waals surface area contributed by atoms with Gasteiger partial charge in [0, 0.05) is 10.5 Å². The SMILES string of the molecule is FC(F)Oc1cc(OC(F)(F)F)cc(Br)c1Br. The summed E-state index contributed by atoms with van der Waals surface area (Å²) >= 11 is 5.76. The average Bonchev–Trinajstić information content (AvgIpc) is 2.09. The lowest BCUT2D eigenvalue weighted by molar-refractivity contribution is -0.274. The van der Waals surface area contributed by atoms with Gasteiger partial charge in [-0.3, -0.25) is 0 Å². The van der Waals surface area contributed by atoms with Gasteiger partial charge in [0.25, 0.3) is 0 Å². The summed E-state index contributed by atoms with van der Waals surface area (Å²) in [5, 5.41) is 0. The first kappa shape index (κ1) is 14.5. The molecule has 0 spiro atoms. The fourth-order valence-corrected chi connectivity index (χ4v) is 1.66. The van der Waals surface area contributed by atoms with Gasteiger partial charge in [0.05, 0.1) is 4.47 Å². The van der Waals surface area contributed by atoms with Crippen LogP contribution in [0, 0.1) is 0 Å². The summed E-state index contributed by atoms with van der Waals surface area (Å²) in [6, 6.07) is 1.67. The molecule has 0 saturated heterocycles.